The average molecular weight is 300 g/mol. The van der Waals surface area contributed by atoms with E-state index in [0.29, 0.717) is 5.56 Å². The first-order chi connectivity index (χ1) is 8.64. The highest BCUT2D eigenvalue weighted by atomic mass is 32.2. The maximum atomic E-state index is 12.3. The highest BCUT2D eigenvalue weighted by Gasteiger charge is 2.33. The summed E-state index contributed by atoms with van der Waals surface area (Å²) in [6.07, 6.45) is 1.46. The lowest BCUT2D eigenvalue weighted by molar-refractivity contribution is 0.587. The van der Waals surface area contributed by atoms with Gasteiger partial charge in [-0.15, -0.1) is 0 Å². The van der Waals surface area contributed by atoms with Gasteiger partial charge in [-0.25, -0.2) is 16.8 Å². The molecule has 1 aliphatic rings. The topological polar surface area (TPSA) is 68.3 Å². The van der Waals surface area contributed by atoms with Crippen LogP contribution < -0.4 is 0 Å². The zero-order valence-corrected chi connectivity index (χ0v) is 12.7. The molecule has 1 aromatic carbocycles. The molecule has 0 saturated carbocycles. The highest BCUT2D eigenvalue weighted by molar-refractivity contribution is 7.98. The van der Waals surface area contributed by atoms with Gasteiger partial charge < -0.3 is 0 Å². The maximum absolute atomic E-state index is 12.3. The van der Waals surface area contributed by atoms with Crippen molar-refractivity contribution in [2.75, 3.05) is 5.75 Å². The molecule has 2 rings (SSSR count). The minimum absolute atomic E-state index is 0.0261. The number of benzene rings is 1. The number of rotatable bonds is 3. The smallest absolute Gasteiger partial charge is 0.204 e. The zero-order chi connectivity index (χ0) is 14.4. The third-order valence-corrected chi connectivity index (χ3v) is 7.40. The Labute approximate surface area is 114 Å². The van der Waals surface area contributed by atoms with Crippen molar-refractivity contribution < 1.29 is 16.8 Å². The predicted octanol–water partition coefficient (Wildman–Crippen LogP) is 1.95. The van der Waals surface area contributed by atoms with Crippen LogP contribution in [0.5, 0.6) is 0 Å². The van der Waals surface area contributed by atoms with Crippen molar-refractivity contribution >= 4 is 25.8 Å². The first kappa shape index (κ1) is 14.3. The zero-order valence-electron chi connectivity index (χ0n) is 11.0. The lowest BCUT2D eigenvalue weighted by Gasteiger charge is -2.08. The summed E-state index contributed by atoms with van der Waals surface area (Å²) in [4.78, 5) is 0.184. The van der Waals surface area contributed by atoms with Gasteiger partial charge in [-0.2, -0.15) is 0 Å². The van der Waals surface area contributed by atoms with Crippen LogP contribution in [0.25, 0.3) is 6.08 Å². The van der Waals surface area contributed by atoms with Crippen LogP contribution in [0.2, 0.25) is 0 Å². The lowest BCUT2D eigenvalue weighted by atomic mass is 10.1. The van der Waals surface area contributed by atoms with Crippen LogP contribution in [0.1, 0.15) is 25.0 Å². The number of sulfone groups is 2. The summed E-state index contributed by atoms with van der Waals surface area (Å²) in [5.74, 6) is -0.430. The van der Waals surface area contributed by atoms with E-state index in [9.17, 15) is 16.8 Å². The van der Waals surface area contributed by atoms with E-state index in [-0.39, 0.29) is 9.80 Å². The molecule has 6 heteroatoms. The second kappa shape index (κ2) is 4.45. The second-order valence-corrected chi connectivity index (χ2v) is 9.54. The van der Waals surface area contributed by atoms with Gasteiger partial charge in [0.25, 0.3) is 0 Å². The van der Waals surface area contributed by atoms with Crippen LogP contribution in [-0.4, -0.2) is 27.8 Å². The van der Waals surface area contributed by atoms with Crippen LogP contribution in [0.4, 0.5) is 0 Å². The van der Waals surface area contributed by atoms with Crippen molar-refractivity contribution in [2.45, 2.75) is 30.9 Å². The standard InChI is InChI=1S/C13H16O4S2/c1-9(2)18(14,15)8-12-7-11-5-4-10(3)6-13(11)19(12,16)17/h4-7,9H,8H2,1-3H3. The minimum Gasteiger partial charge on any atom is -0.228 e. The Hall–Kier alpha value is -1.14. The Kier molecular flexibility index (Phi) is 3.35. The third kappa shape index (κ3) is 2.47. The molecule has 0 atom stereocenters. The molecule has 104 valence electrons. The lowest BCUT2D eigenvalue weighted by Crippen LogP contribution is -2.21. The first-order valence-electron chi connectivity index (χ1n) is 5.92. The van der Waals surface area contributed by atoms with Gasteiger partial charge in [0.2, 0.25) is 9.84 Å². The van der Waals surface area contributed by atoms with Crippen molar-refractivity contribution in [1.29, 1.82) is 0 Å². The van der Waals surface area contributed by atoms with Gasteiger partial charge in [0.15, 0.2) is 9.84 Å². The number of hydrogen-bond acceptors (Lipinski definition) is 4. The number of fused-ring (bicyclic) bond motifs is 1. The normalized spacial score (nSPS) is 17.4. The van der Waals surface area contributed by atoms with Crippen molar-refractivity contribution in [3.05, 3.63) is 34.2 Å². The Balaban J connectivity index is 2.49. The molecule has 0 aromatic heterocycles. The molecule has 0 radical (unpaired) electrons. The van der Waals surface area contributed by atoms with E-state index in [0.717, 1.165) is 5.56 Å². The Morgan fingerprint density at radius 3 is 2.42 bits per heavy atom. The Morgan fingerprint density at radius 1 is 1.21 bits per heavy atom. The Bertz CT molecular complexity index is 754. The van der Waals surface area contributed by atoms with E-state index in [1.165, 1.54) is 6.08 Å². The maximum Gasteiger partial charge on any atom is 0.204 e. The van der Waals surface area contributed by atoms with Crippen molar-refractivity contribution in [1.82, 2.24) is 0 Å². The minimum atomic E-state index is -3.65. The van der Waals surface area contributed by atoms with Crippen LogP contribution in [0, 0.1) is 6.92 Å². The number of hydrogen-bond donors (Lipinski definition) is 0. The molecule has 0 N–H and O–H groups in total. The molecule has 1 aromatic rings. The molecule has 0 saturated heterocycles. The quantitative estimate of drug-likeness (QED) is 0.855. The van der Waals surface area contributed by atoms with Gasteiger partial charge in [0.05, 0.1) is 20.8 Å². The van der Waals surface area contributed by atoms with Gasteiger partial charge in [-0.3, -0.25) is 0 Å². The third-order valence-electron chi connectivity index (χ3n) is 3.18. The van der Waals surface area contributed by atoms with Crippen LogP contribution in [0.3, 0.4) is 0 Å². The van der Waals surface area contributed by atoms with E-state index < -0.39 is 30.7 Å². The predicted molar refractivity (Wildman–Crippen MR) is 75.3 cm³/mol. The molecular weight excluding hydrogens is 284 g/mol. The van der Waals surface area contributed by atoms with Gasteiger partial charge in [0, 0.05) is 0 Å². The molecule has 4 nitrogen and oxygen atoms in total. The molecular formula is C13H16O4S2. The second-order valence-electron chi connectivity index (χ2n) is 5.01. The fraction of sp³-hybridized carbons (Fsp3) is 0.385. The molecule has 19 heavy (non-hydrogen) atoms. The van der Waals surface area contributed by atoms with Gasteiger partial charge in [-0.1, -0.05) is 12.1 Å². The summed E-state index contributed by atoms with van der Waals surface area (Å²) in [7, 11) is -7.08. The van der Waals surface area contributed by atoms with Crippen LogP contribution >= 0.6 is 0 Å². The van der Waals surface area contributed by atoms with Gasteiger partial charge in [-0.05, 0) is 44.0 Å². The monoisotopic (exact) mass is 300 g/mol. The van der Waals surface area contributed by atoms with Crippen molar-refractivity contribution in [2.24, 2.45) is 0 Å². The average Bonchev–Trinajstić information content (AvgIpc) is 2.51. The summed E-state index contributed by atoms with van der Waals surface area (Å²) in [5.41, 5.74) is 1.41. The van der Waals surface area contributed by atoms with Crippen molar-refractivity contribution in [3.8, 4) is 0 Å². The van der Waals surface area contributed by atoms with Gasteiger partial charge in [0.1, 0.15) is 0 Å². The molecule has 0 amide bonds. The first-order valence-corrected chi connectivity index (χ1v) is 9.12. The SMILES string of the molecule is Cc1ccc2c(c1)S(=O)(=O)C(CS(=O)(=O)C(C)C)=C2. The molecule has 0 unspecified atom stereocenters. The molecule has 1 heterocycles. The fourth-order valence-electron chi connectivity index (χ4n) is 1.87. The van der Waals surface area contributed by atoms with E-state index in [1.54, 1.807) is 32.9 Å². The van der Waals surface area contributed by atoms with Crippen LogP contribution in [0.15, 0.2) is 28.0 Å². The summed E-state index contributed by atoms with van der Waals surface area (Å²) in [5, 5.41) is -0.589. The van der Waals surface area contributed by atoms with E-state index in [1.807, 2.05) is 6.07 Å². The van der Waals surface area contributed by atoms with E-state index in [4.69, 9.17) is 0 Å². The summed E-state index contributed by atoms with van der Waals surface area (Å²) >= 11 is 0. The number of aryl methyl sites for hydroxylation is 1. The summed E-state index contributed by atoms with van der Waals surface area (Å²) < 4.78 is 48.4. The summed E-state index contributed by atoms with van der Waals surface area (Å²) in [6.45, 7) is 4.90. The highest BCUT2D eigenvalue weighted by Crippen LogP contribution is 2.34. The molecule has 0 spiro atoms. The summed E-state index contributed by atoms with van der Waals surface area (Å²) in [6, 6.07) is 5.10. The van der Waals surface area contributed by atoms with Crippen LogP contribution in [-0.2, 0) is 19.7 Å². The van der Waals surface area contributed by atoms with E-state index >= 15 is 0 Å². The Morgan fingerprint density at radius 2 is 1.84 bits per heavy atom. The molecule has 0 bridgehead atoms. The van der Waals surface area contributed by atoms with Crippen molar-refractivity contribution in [3.63, 3.8) is 0 Å². The van der Waals surface area contributed by atoms with E-state index in [2.05, 4.69) is 0 Å². The van der Waals surface area contributed by atoms with Gasteiger partial charge >= 0.3 is 0 Å². The fourth-order valence-corrected chi connectivity index (χ4v) is 5.14. The molecule has 1 aliphatic heterocycles. The molecule has 0 fully saturated rings. The largest absolute Gasteiger partial charge is 0.228 e. The molecule has 0 aliphatic carbocycles.